The topological polar surface area (TPSA) is 149 Å². The highest BCUT2D eigenvalue weighted by molar-refractivity contribution is 5.92. The number of carbonyl (C=O) groups excluding carboxylic acids is 2. The number of amides is 2. The number of nitrogens with two attached hydrogens (primary N) is 1. The number of primary amides is 1. The summed E-state index contributed by atoms with van der Waals surface area (Å²) in [4.78, 5) is 24.9. The van der Waals surface area contributed by atoms with E-state index < -0.39 is 28.9 Å². The van der Waals surface area contributed by atoms with Crippen molar-refractivity contribution in [1.82, 2.24) is 20.5 Å². The average molecular weight is 563 g/mol. The zero-order chi connectivity index (χ0) is 28.9. The van der Waals surface area contributed by atoms with Crippen LogP contribution in [-0.2, 0) is 11.2 Å². The van der Waals surface area contributed by atoms with Crippen LogP contribution in [0.3, 0.4) is 0 Å². The summed E-state index contributed by atoms with van der Waals surface area (Å²) >= 11 is 0. The summed E-state index contributed by atoms with van der Waals surface area (Å²) in [7, 11) is 0. The third-order valence-electron chi connectivity index (χ3n) is 8.37. The summed E-state index contributed by atoms with van der Waals surface area (Å²) < 4.78 is 39.5. The Bertz CT molecular complexity index is 1630. The van der Waals surface area contributed by atoms with Gasteiger partial charge in [-0.1, -0.05) is 17.3 Å². The lowest BCUT2D eigenvalue weighted by Gasteiger charge is -2.35. The molecule has 2 aromatic heterocycles. The van der Waals surface area contributed by atoms with E-state index >= 15 is 0 Å². The summed E-state index contributed by atoms with van der Waals surface area (Å²) in [6.45, 7) is 4.05. The Morgan fingerprint density at radius 2 is 1.95 bits per heavy atom. The minimum absolute atomic E-state index is 0.00943. The number of carbonyl (C=O) groups is 2. The normalized spacial score (nSPS) is 20.9. The standard InChI is InChI=1S/C29H28F2N6O4/c1-14-25(15(2)35-34-14)16-3-6-19(7-4-16)33-24(38)11-21-20-9-18(30)10-22(31)27(20)40-13-29(21)12-17(29)5-8-23-26(28(32)39)37-41-36-23/h3-4,6-7,9-10,17,21H,5,8,11-13H2,1-2H3,(H2,32,39)(H,33,38)(H,34,35). The monoisotopic (exact) mass is 562 g/mol. The highest BCUT2D eigenvalue weighted by Gasteiger charge is 2.62. The Morgan fingerprint density at radius 1 is 1.17 bits per heavy atom. The van der Waals surface area contributed by atoms with E-state index in [0.717, 1.165) is 28.6 Å². The molecular formula is C29H28F2N6O4. The van der Waals surface area contributed by atoms with E-state index in [-0.39, 0.29) is 36.3 Å². The highest BCUT2D eigenvalue weighted by atomic mass is 19.1. The van der Waals surface area contributed by atoms with Gasteiger partial charge >= 0.3 is 0 Å². The number of nitrogens with zero attached hydrogens (tertiary/aromatic N) is 3. The molecule has 1 saturated carbocycles. The van der Waals surface area contributed by atoms with E-state index in [4.69, 9.17) is 10.5 Å². The number of aromatic nitrogens is 4. The van der Waals surface area contributed by atoms with Crippen molar-refractivity contribution in [3.05, 3.63) is 76.4 Å². The smallest absolute Gasteiger partial charge is 0.272 e. The zero-order valence-electron chi connectivity index (χ0n) is 22.5. The number of hydrogen-bond acceptors (Lipinski definition) is 7. The Balaban J connectivity index is 1.21. The number of fused-ring (bicyclic) bond motifs is 1. The van der Waals surface area contributed by atoms with E-state index in [1.165, 1.54) is 6.07 Å². The maximum atomic E-state index is 14.7. The number of aromatic amines is 1. The van der Waals surface area contributed by atoms with Gasteiger partial charge in [-0.2, -0.15) is 5.10 Å². The number of halogens is 2. The van der Waals surface area contributed by atoms with Crippen molar-refractivity contribution < 1.29 is 27.7 Å². The Labute approximate surface area is 233 Å². The molecule has 1 spiro atoms. The Hall–Kier alpha value is -4.61. The average Bonchev–Trinajstić information content (AvgIpc) is 3.22. The van der Waals surface area contributed by atoms with Crippen molar-refractivity contribution in [3.63, 3.8) is 0 Å². The predicted octanol–water partition coefficient (Wildman–Crippen LogP) is 4.60. The van der Waals surface area contributed by atoms with Crippen LogP contribution < -0.4 is 15.8 Å². The molecule has 1 aliphatic heterocycles. The van der Waals surface area contributed by atoms with E-state index in [1.54, 1.807) is 0 Å². The van der Waals surface area contributed by atoms with Crippen molar-refractivity contribution in [2.75, 3.05) is 11.9 Å². The van der Waals surface area contributed by atoms with Crippen LogP contribution in [-0.4, -0.2) is 38.9 Å². The predicted molar refractivity (Wildman–Crippen MR) is 143 cm³/mol. The second kappa shape index (κ2) is 10.1. The molecule has 0 bridgehead atoms. The van der Waals surface area contributed by atoms with Crippen molar-refractivity contribution in [2.45, 2.75) is 45.4 Å². The molecule has 41 heavy (non-hydrogen) atoms. The maximum absolute atomic E-state index is 14.7. The molecule has 0 radical (unpaired) electrons. The number of rotatable bonds is 8. The van der Waals surface area contributed by atoms with Crippen LogP contribution >= 0.6 is 0 Å². The first-order chi connectivity index (χ1) is 19.7. The second-order valence-corrected chi connectivity index (χ2v) is 10.9. The van der Waals surface area contributed by atoms with Crippen molar-refractivity contribution in [3.8, 4) is 16.9 Å². The van der Waals surface area contributed by atoms with Crippen LogP contribution in [0.25, 0.3) is 11.1 Å². The molecule has 4 N–H and O–H groups in total. The fourth-order valence-corrected chi connectivity index (χ4v) is 6.28. The molecule has 3 atom stereocenters. The van der Waals surface area contributed by atoms with E-state index in [2.05, 4.69) is 30.5 Å². The number of nitrogens with one attached hydrogen (secondary N) is 2. The van der Waals surface area contributed by atoms with Gasteiger partial charge in [-0.3, -0.25) is 14.7 Å². The lowest BCUT2D eigenvalue weighted by Crippen LogP contribution is -2.33. The second-order valence-electron chi connectivity index (χ2n) is 10.9. The Kier molecular flexibility index (Phi) is 6.55. The molecule has 3 unspecified atom stereocenters. The highest BCUT2D eigenvalue weighted by Crippen LogP contribution is 2.66. The minimum atomic E-state index is -0.794. The minimum Gasteiger partial charge on any atom is -0.490 e. The van der Waals surface area contributed by atoms with E-state index in [0.29, 0.717) is 36.2 Å². The molecule has 12 heteroatoms. The summed E-state index contributed by atoms with van der Waals surface area (Å²) in [5.41, 5.74) is 9.93. The molecule has 2 amide bonds. The molecule has 0 saturated heterocycles. The molecule has 1 fully saturated rings. The van der Waals surface area contributed by atoms with Gasteiger partial charge in [0.05, 0.1) is 12.3 Å². The van der Waals surface area contributed by atoms with Crippen LogP contribution in [0.4, 0.5) is 14.5 Å². The molecule has 10 nitrogen and oxygen atoms in total. The Morgan fingerprint density at radius 3 is 2.66 bits per heavy atom. The quantitative estimate of drug-likeness (QED) is 0.284. The molecule has 3 heterocycles. The lowest BCUT2D eigenvalue weighted by molar-refractivity contribution is -0.117. The summed E-state index contributed by atoms with van der Waals surface area (Å²) in [6, 6.07) is 9.48. The fraction of sp³-hybridized carbons (Fsp3) is 0.345. The first kappa shape index (κ1) is 26.6. The maximum Gasteiger partial charge on any atom is 0.272 e. The van der Waals surface area contributed by atoms with Crippen molar-refractivity contribution >= 4 is 17.5 Å². The first-order valence-electron chi connectivity index (χ1n) is 13.3. The third-order valence-corrected chi connectivity index (χ3v) is 8.37. The summed E-state index contributed by atoms with van der Waals surface area (Å²) in [6.07, 6.45) is 1.64. The number of benzene rings is 2. The summed E-state index contributed by atoms with van der Waals surface area (Å²) in [5, 5.41) is 17.5. The number of anilines is 1. The van der Waals surface area contributed by atoms with Gasteiger partial charge in [0.2, 0.25) is 5.91 Å². The van der Waals surface area contributed by atoms with Crippen molar-refractivity contribution in [2.24, 2.45) is 17.1 Å². The molecule has 2 aromatic carbocycles. The SMILES string of the molecule is Cc1n[nH]c(C)c1-c1ccc(NC(=O)CC2c3cc(F)cc(F)c3OCC23CC3CCc2nonc2C(N)=O)cc1. The van der Waals surface area contributed by atoms with Gasteiger partial charge < -0.3 is 15.8 Å². The van der Waals surface area contributed by atoms with Gasteiger partial charge in [0.15, 0.2) is 17.3 Å². The van der Waals surface area contributed by atoms with Crippen LogP contribution in [0.1, 0.15) is 58.3 Å². The van der Waals surface area contributed by atoms with Gasteiger partial charge in [-0.25, -0.2) is 13.4 Å². The van der Waals surface area contributed by atoms with Gasteiger partial charge in [0, 0.05) is 46.3 Å². The van der Waals surface area contributed by atoms with Gasteiger partial charge in [0.1, 0.15) is 11.5 Å². The molecular weight excluding hydrogens is 534 g/mol. The number of H-pyrrole nitrogens is 1. The van der Waals surface area contributed by atoms with Gasteiger partial charge in [-0.05, 0) is 67.9 Å². The number of hydrogen-bond donors (Lipinski definition) is 3. The van der Waals surface area contributed by atoms with Crippen LogP contribution in [0.15, 0.2) is 41.0 Å². The lowest BCUT2D eigenvalue weighted by atomic mass is 9.76. The van der Waals surface area contributed by atoms with Crippen molar-refractivity contribution in [1.29, 1.82) is 0 Å². The summed E-state index contributed by atoms with van der Waals surface area (Å²) in [5.74, 6) is -2.99. The molecule has 212 valence electrons. The van der Waals surface area contributed by atoms with E-state index in [9.17, 15) is 18.4 Å². The van der Waals surface area contributed by atoms with Gasteiger partial charge in [0.25, 0.3) is 5.91 Å². The molecule has 4 aromatic rings. The molecule has 2 aliphatic rings. The van der Waals surface area contributed by atoms with Crippen LogP contribution in [0.5, 0.6) is 5.75 Å². The number of aryl methyl sites for hydroxylation is 3. The molecule has 1 aliphatic carbocycles. The van der Waals surface area contributed by atoms with Crippen LogP contribution in [0.2, 0.25) is 0 Å². The van der Waals surface area contributed by atoms with Crippen LogP contribution in [0, 0.1) is 36.8 Å². The fourth-order valence-electron chi connectivity index (χ4n) is 6.28. The largest absolute Gasteiger partial charge is 0.490 e. The zero-order valence-corrected chi connectivity index (χ0v) is 22.5. The number of ether oxygens (including phenoxy) is 1. The first-order valence-corrected chi connectivity index (χ1v) is 13.3. The molecule has 6 rings (SSSR count). The van der Waals surface area contributed by atoms with Gasteiger partial charge in [-0.15, -0.1) is 0 Å². The third kappa shape index (κ3) is 4.83. The van der Waals surface area contributed by atoms with E-state index in [1.807, 2.05) is 38.1 Å².